The van der Waals surface area contributed by atoms with E-state index in [1.165, 1.54) is 5.56 Å². The topological polar surface area (TPSA) is 69.6 Å². The molecular formula is C14H15N5. The van der Waals surface area contributed by atoms with Gasteiger partial charge >= 0.3 is 0 Å². The fraction of sp³-hybridized carbons (Fsp3) is 0.214. The van der Waals surface area contributed by atoms with E-state index in [0.717, 1.165) is 22.3 Å². The summed E-state index contributed by atoms with van der Waals surface area (Å²) in [6.45, 7) is 4.71. The Morgan fingerprint density at radius 1 is 1.16 bits per heavy atom. The molecule has 3 heterocycles. The van der Waals surface area contributed by atoms with Crippen molar-refractivity contribution in [1.82, 2.24) is 19.5 Å². The average molecular weight is 253 g/mol. The van der Waals surface area contributed by atoms with Crippen LogP contribution in [0.1, 0.15) is 16.7 Å². The Morgan fingerprint density at radius 2 is 1.95 bits per heavy atom. The molecule has 0 unspecified atom stereocenters. The number of fused-ring (bicyclic) bond motifs is 1. The summed E-state index contributed by atoms with van der Waals surface area (Å²) >= 11 is 0. The summed E-state index contributed by atoms with van der Waals surface area (Å²) in [6, 6.07) is 3.93. The molecule has 5 heteroatoms. The Balaban J connectivity index is 2.13. The minimum absolute atomic E-state index is 0.486. The Kier molecular flexibility index (Phi) is 2.67. The second-order valence-electron chi connectivity index (χ2n) is 4.66. The van der Waals surface area contributed by atoms with Crippen LogP contribution in [-0.2, 0) is 6.54 Å². The maximum absolute atomic E-state index is 6.01. The van der Waals surface area contributed by atoms with E-state index in [2.05, 4.69) is 21.9 Å². The largest absolute Gasteiger partial charge is 0.369 e. The smallest absolute Gasteiger partial charge is 0.202 e. The van der Waals surface area contributed by atoms with Gasteiger partial charge in [-0.15, -0.1) is 0 Å². The molecule has 0 aliphatic carbocycles. The highest BCUT2D eigenvalue weighted by Crippen LogP contribution is 2.20. The molecule has 3 aromatic heterocycles. The van der Waals surface area contributed by atoms with Gasteiger partial charge < -0.3 is 5.73 Å². The number of nitrogens with two attached hydrogens (primary N) is 1. The lowest BCUT2D eigenvalue weighted by Gasteiger charge is -2.08. The van der Waals surface area contributed by atoms with Crippen LogP contribution in [-0.4, -0.2) is 19.5 Å². The van der Waals surface area contributed by atoms with Crippen LogP contribution < -0.4 is 5.73 Å². The number of aromatic nitrogens is 4. The van der Waals surface area contributed by atoms with E-state index in [-0.39, 0.29) is 0 Å². The molecule has 0 saturated heterocycles. The second kappa shape index (κ2) is 4.35. The van der Waals surface area contributed by atoms with Crippen LogP contribution in [0.4, 0.5) is 5.95 Å². The molecule has 2 N–H and O–H groups in total. The van der Waals surface area contributed by atoms with Gasteiger partial charge in [0.25, 0.3) is 0 Å². The number of rotatable bonds is 2. The molecule has 0 fully saturated rings. The molecule has 0 aromatic carbocycles. The Hall–Kier alpha value is -2.43. The van der Waals surface area contributed by atoms with Crippen molar-refractivity contribution in [3.8, 4) is 0 Å². The van der Waals surface area contributed by atoms with Gasteiger partial charge in [-0.1, -0.05) is 0 Å². The van der Waals surface area contributed by atoms with Gasteiger partial charge in [-0.3, -0.25) is 9.55 Å². The summed E-state index contributed by atoms with van der Waals surface area (Å²) in [7, 11) is 0. The third-order valence-corrected chi connectivity index (χ3v) is 3.34. The number of pyridine rings is 2. The molecule has 0 bridgehead atoms. The van der Waals surface area contributed by atoms with Crippen molar-refractivity contribution in [3.63, 3.8) is 0 Å². The molecular weight excluding hydrogens is 238 g/mol. The number of nitrogens with zero attached hydrogens (tertiary/aromatic N) is 4. The summed E-state index contributed by atoms with van der Waals surface area (Å²) < 4.78 is 1.92. The standard InChI is InChI=1S/C14H15N5/c1-9-3-5-16-7-11(9)8-19-13-12(18-14(19)15)10(2)4-6-17-13/h3-7H,8H2,1-2H3,(H2,15,18). The van der Waals surface area contributed by atoms with Crippen LogP contribution in [0.2, 0.25) is 0 Å². The quantitative estimate of drug-likeness (QED) is 0.759. The Morgan fingerprint density at radius 3 is 2.74 bits per heavy atom. The first-order chi connectivity index (χ1) is 9.16. The zero-order chi connectivity index (χ0) is 13.4. The molecule has 19 heavy (non-hydrogen) atoms. The van der Waals surface area contributed by atoms with Crippen molar-refractivity contribution in [1.29, 1.82) is 0 Å². The molecule has 0 saturated carbocycles. The number of hydrogen-bond acceptors (Lipinski definition) is 4. The lowest BCUT2D eigenvalue weighted by atomic mass is 10.1. The van der Waals surface area contributed by atoms with Crippen LogP contribution in [0.15, 0.2) is 30.7 Å². The Labute approximate surface area is 111 Å². The van der Waals surface area contributed by atoms with Gasteiger partial charge in [-0.2, -0.15) is 0 Å². The molecule has 0 radical (unpaired) electrons. The molecule has 0 amide bonds. The predicted molar refractivity (Wildman–Crippen MR) is 74.8 cm³/mol. The van der Waals surface area contributed by atoms with Crippen molar-refractivity contribution in [2.24, 2.45) is 0 Å². The zero-order valence-corrected chi connectivity index (χ0v) is 11.0. The number of anilines is 1. The predicted octanol–water partition coefficient (Wildman–Crippen LogP) is 2.07. The van der Waals surface area contributed by atoms with Crippen LogP contribution in [0.5, 0.6) is 0 Å². The summed E-state index contributed by atoms with van der Waals surface area (Å²) in [4.78, 5) is 12.9. The summed E-state index contributed by atoms with van der Waals surface area (Å²) in [5.41, 5.74) is 11.1. The average Bonchev–Trinajstić information content (AvgIpc) is 2.71. The molecule has 0 atom stereocenters. The summed E-state index contributed by atoms with van der Waals surface area (Å²) in [6.07, 6.45) is 5.43. The van der Waals surface area contributed by atoms with E-state index in [0.29, 0.717) is 12.5 Å². The number of aryl methyl sites for hydroxylation is 2. The SMILES string of the molecule is Cc1ccncc1Cn1c(N)nc2c(C)ccnc21. The minimum atomic E-state index is 0.486. The van der Waals surface area contributed by atoms with E-state index in [1.807, 2.05) is 29.8 Å². The molecule has 0 aliphatic heterocycles. The third kappa shape index (κ3) is 1.93. The molecule has 0 aliphatic rings. The lowest BCUT2D eigenvalue weighted by molar-refractivity contribution is 0.816. The Bertz CT molecular complexity index is 745. The van der Waals surface area contributed by atoms with Crippen LogP contribution >= 0.6 is 0 Å². The van der Waals surface area contributed by atoms with Crippen molar-refractivity contribution in [2.45, 2.75) is 20.4 Å². The van der Waals surface area contributed by atoms with E-state index < -0.39 is 0 Å². The zero-order valence-electron chi connectivity index (χ0n) is 11.0. The monoisotopic (exact) mass is 253 g/mol. The van der Waals surface area contributed by atoms with E-state index in [4.69, 9.17) is 5.73 Å². The molecule has 96 valence electrons. The molecule has 5 nitrogen and oxygen atoms in total. The van der Waals surface area contributed by atoms with Crippen LogP contribution in [0.25, 0.3) is 11.2 Å². The number of hydrogen-bond donors (Lipinski definition) is 1. The molecule has 3 aromatic rings. The lowest BCUT2D eigenvalue weighted by Crippen LogP contribution is -2.06. The van der Waals surface area contributed by atoms with Crippen molar-refractivity contribution >= 4 is 17.1 Å². The highest BCUT2D eigenvalue weighted by molar-refractivity contribution is 5.77. The van der Waals surface area contributed by atoms with Crippen LogP contribution in [0, 0.1) is 13.8 Å². The normalized spacial score (nSPS) is 11.1. The first-order valence-electron chi connectivity index (χ1n) is 6.13. The first kappa shape index (κ1) is 11.6. The number of nitrogen functional groups attached to an aromatic ring is 1. The van der Waals surface area contributed by atoms with Crippen molar-refractivity contribution in [3.05, 3.63) is 47.4 Å². The van der Waals surface area contributed by atoms with Crippen molar-refractivity contribution in [2.75, 3.05) is 5.73 Å². The van der Waals surface area contributed by atoms with E-state index >= 15 is 0 Å². The molecule has 3 rings (SSSR count). The van der Waals surface area contributed by atoms with Crippen molar-refractivity contribution < 1.29 is 0 Å². The van der Waals surface area contributed by atoms with Gasteiger partial charge in [0.15, 0.2) is 5.65 Å². The van der Waals surface area contributed by atoms with E-state index in [9.17, 15) is 0 Å². The van der Waals surface area contributed by atoms with Gasteiger partial charge in [-0.25, -0.2) is 9.97 Å². The van der Waals surface area contributed by atoms with Gasteiger partial charge in [0.2, 0.25) is 5.95 Å². The summed E-state index contributed by atoms with van der Waals surface area (Å²) in [5.74, 6) is 0.486. The van der Waals surface area contributed by atoms with Gasteiger partial charge in [0, 0.05) is 18.6 Å². The number of imidazole rings is 1. The van der Waals surface area contributed by atoms with Gasteiger partial charge in [0.1, 0.15) is 5.52 Å². The highest BCUT2D eigenvalue weighted by Gasteiger charge is 2.12. The first-order valence-corrected chi connectivity index (χ1v) is 6.13. The fourth-order valence-electron chi connectivity index (χ4n) is 2.14. The summed E-state index contributed by atoms with van der Waals surface area (Å²) in [5, 5.41) is 0. The highest BCUT2D eigenvalue weighted by atomic mass is 15.2. The minimum Gasteiger partial charge on any atom is -0.369 e. The second-order valence-corrected chi connectivity index (χ2v) is 4.66. The van der Waals surface area contributed by atoms with Gasteiger partial charge in [0.05, 0.1) is 6.54 Å². The third-order valence-electron chi connectivity index (χ3n) is 3.34. The maximum atomic E-state index is 6.01. The van der Waals surface area contributed by atoms with Crippen LogP contribution in [0.3, 0.4) is 0 Å². The van der Waals surface area contributed by atoms with E-state index in [1.54, 1.807) is 12.4 Å². The van der Waals surface area contributed by atoms with Gasteiger partial charge in [-0.05, 0) is 42.7 Å². The molecule has 0 spiro atoms. The fourth-order valence-corrected chi connectivity index (χ4v) is 2.14. The maximum Gasteiger partial charge on any atom is 0.202 e.